The lowest BCUT2D eigenvalue weighted by Crippen LogP contribution is -2.40. The molecule has 1 saturated heterocycles. The summed E-state index contributed by atoms with van der Waals surface area (Å²) in [4.78, 5) is 14.3. The molecule has 1 aliphatic heterocycles. The van der Waals surface area contributed by atoms with Gasteiger partial charge in [-0.1, -0.05) is 12.1 Å². The van der Waals surface area contributed by atoms with Crippen molar-refractivity contribution in [2.24, 2.45) is 0 Å². The van der Waals surface area contributed by atoms with Gasteiger partial charge in [0.25, 0.3) is 5.91 Å². The van der Waals surface area contributed by atoms with Crippen LogP contribution in [0.25, 0.3) is 0 Å². The van der Waals surface area contributed by atoms with Crippen LogP contribution in [0.4, 0.5) is 5.69 Å². The normalized spacial score (nSPS) is 16.7. The van der Waals surface area contributed by atoms with Crippen molar-refractivity contribution in [2.75, 3.05) is 32.6 Å². The van der Waals surface area contributed by atoms with E-state index in [0.717, 1.165) is 37.2 Å². The maximum atomic E-state index is 12.4. The van der Waals surface area contributed by atoms with Crippen molar-refractivity contribution in [1.82, 2.24) is 4.90 Å². The lowest BCUT2D eigenvalue weighted by molar-refractivity contribution is 0.0351. The van der Waals surface area contributed by atoms with E-state index in [4.69, 9.17) is 4.74 Å². The summed E-state index contributed by atoms with van der Waals surface area (Å²) in [7, 11) is 3.57. The van der Waals surface area contributed by atoms with Gasteiger partial charge in [0, 0.05) is 32.9 Å². The number of carbonyl (C=O) groups is 1. The Hall–Kier alpha value is -1.55. The molecule has 4 heteroatoms. The fourth-order valence-electron chi connectivity index (χ4n) is 2.35. The Labute approximate surface area is 108 Å². The van der Waals surface area contributed by atoms with E-state index in [9.17, 15) is 4.79 Å². The van der Waals surface area contributed by atoms with Crippen LogP contribution >= 0.6 is 0 Å². The zero-order chi connectivity index (χ0) is 13.0. The Morgan fingerprint density at radius 1 is 1.33 bits per heavy atom. The van der Waals surface area contributed by atoms with Gasteiger partial charge in [0.15, 0.2) is 0 Å². The molecule has 1 fully saturated rings. The number of hydrogen-bond acceptors (Lipinski definition) is 3. The minimum absolute atomic E-state index is 0.106. The number of nitrogens with one attached hydrogen (secondary N) is 1. The number of rotatable bonds is 3. The summed E-state index contributed by atoms with van der Waals surface area (Å²) < 4.78 is 5.32. The molecule has 0 aliphatic carbocycles. The van der Waals surface area contributed by atoms with Gasteiger partial charge in [-0.15, -0.1) is 0 Å². The summed E-state index contributed by atoms with van der Waals surface area (Å²) in [6, 6.07) is 7.63. The van der Waals surface area contributed by atoms with Gasteiger partial charge in [0.2, 0.25) is 0 Å². The second kappa shape index (κ2) is 5.87. The molecular formula is C14H20N2O2. The maximum Gasteiger partial charge on any atom is 0.255 e. The third-order valence-electron chi connectivity index (χ3n) is 3.49. The standard InChI is InChI=1S/C14H20N2O2/c1-15-13-6-4-3-5-12(13)14(17)16-9-7-11(18-2)8-10-16/h3-6,11,15H,7-10H2,1-2H3. The Kier molecular flexibility index (Phi) is 4.20. The number of hydrogen-bond donors (Lipinski definition) is 1. The molecule has 18 heavy (non-hydrogen) atoms. The van der Waals surface area contributed by atoms with E-state index >= 15 is 0 Å². The highest BCUT2D eigenvalue weighted by Gasteiger charge is 2.24. The third-order valence-corrected chi connectivity index (χ3v) is 3.49. The summed E-state index contributed by atoms with van der Waals surface area (Å²) in [5, 5.41) is 3.06. The lowest BCUT2D eigenvalue weighted by Gasteiger charge is -2.31. The number of amides is 1. The minimum atomic E-state index is 0.106. The van der Waals surface area contributed by atoms with Gasteiger partial charge in [-0.05, 0) is 25.0 Å². The van der Waals surface area contributed by atoms with Gasteiger partial charge < -0.3 is 15.0 Å². The Bertz CT molecular complexity index is 412. The first-order valence-corrected chi connectivity index (χ1v) is 6.35. The van der Waals surface area contributed by atoms with Crippen LogP contribution < -0.4 is 5.32 Å². The fraction of sp³-hybridized carbons (Fsp3) is 0.500. The van der Waals surface area contributed by atoms with Gasteiger partial charge in [0.05, 0.1) is 11.7 Å². The van der Waals surface area contributed by atoms with Crippen molar-refractivity contribution in [3.8, 4) is 0 Å². The van der Waals surface area contributed by atoms with Crippen LogP contribution in [0.15, 0.2) is 24.3 Å². The summed E-state index contributed by atoms with van der Waals surface area (Å²) in [5.74, 6) is 0.106. The van der Waals surface area contributed by atoms with Gasteiger partial charge in [-0.2, -0.15) is 0 Å². The van der Waals surface area contributed by atoms with E-state index in [1.54, 1.807) is 7.11 Å². The first kappa shape index (κ1) is 12.9. The first-order valence-electron chi connectivity index (χ1n) is 6.35. The van der Waals surface area contributed by atoms with Gasteiger partial charge in [-0.3, -0.25) is 4.79 Å². The van der Waals surface area contributed by atoms with Crippen molar-refractivity contribution in [3.05, 3.63) is 29.8 Å². The van der Waals surface area contributed by atoms with E-state index in [0.29, 0.717) is 6.10 Å². The van der Waals surface area contributed by atoms with Crippen molar-refractivity contribution in [3.63, 3.8) is 0 Å². The molecule has 2 rings (SSSR count). The lowest BCUT2D eigenvalue weighted by atomic mass is 10.1. The summed E-state index contributed by atoms with van der Waals surface area (Å²) in [6.07, 6.45) is 2.14. The van der Waals surface area contributed by atoms with Crippen LogP contribution in [-0.2, 0) is 4.74 Å². The topological polar surface area (TPSA) is 41.6 Å². The number of carbonyl (C=O) groups excluding carboxylic acids is 1. The molecule has 0 saturated carbocycles. The number of nitrogens with zero attached hydrogens (tertiary/aromatic N) is 1. The average Bonchev–Trinajstić information content (AvgIpc) is 2.46. The quantitative estimate of drug-likeness (QED) is 0.889. The molecule has 0 atom stereocenters. The molecular weight excluding hydrogens is 228 g/mol. The van der Waals surface area contributed by atoms with E-state index in [-0.39, 0.29) is 5.91 Å². The number of anilines is 1. The van der Waals surface area contributed by atoms with Crippen LogP contribution in [0.2, 0.25) is 0 Å². The minimum Gasteiger partial charge on any atom is -0.387 e. The predicted molar refractivity (Wildman–Crippen MR) is 71.9 cm³/mol. The van der Waals surface area contributed by atoms with Crippen LogP contribution in [0.5, 0.6) is 0 Å². The molecule has 0 unspecified atom stereocenters. The number of ether oxygens (including phenoxy) is 1. The molecule has 1 aliphatic rings. The summed E-state index contributed by atoms with van der Waals surface area (Å²) in [5.41, 5.74) is 1.63. The Balaban J connectivity index is 2.08. The predicted octanol–water partition coefficient (Wildman–Crippen LogP) is 1.98. The monoisotopic (exact) mass is 248 g/mol. The highest BCUT2D eigenvalue weighted by molar-refractivity contribution is 5.99. The molecule has 1 heterocycles. The highest BCUT2D eigenvalue weighted by atomic mass is 16.5. The van der Waals surface area contributed by atoms with Crippen molar-refractivity contribution in [1.29, 1.82) is 0 Å². The molecule has 1 aromatic carbocycles. The Morgan fingerprint density at radius 3 is 2.61 bits per heavy atom. The first-order chi connectivity index (χ1) is 8.76. The molecule has 0 spiro atoms. The highest BCUT2D eigenvalue weighted by Crippen LogP contribution is 2.20. The number of benzene rings is 1. The van der Waals surface area contributed by atoms with Crippen LogP contribution in [0.3, 0.4) is 0 Å². The van der Waals surface area contributed by atoms with Crippen LogP contribution in [-0.4, -0.2) is 44.2 Å². The molecule has 1 amide bonds. The molecule has 4 nitrogen and oxygen atoms in total. The number of piperidine rings is 1. The molecule has 0 aromatic heterocycles. The smallest absolute Gasteiger partial charge is 0.255 e. The van der Waals surface area contributed by atoms with Crippen molar-refractivity contribution in [2.45, 2.75) is 18.9 Å². The SMILES string of the molecule is CNc1ccccc1C(=O)N1CCC(OC)CC1. The largest absolute Gasteiger partial charge is 0.387 e. The van der Waals surface area contributed by atoms with Crippen molar-refractivity contribution < 1.29 is 9.53 Å². The van der Waals surface area contributed by atoms with Crippen LogP contribution in [0, 0.1) is 0 Å². The summed E-state index contributed by atoms with van der Waals surface area (Å²) >= 11 is 0. The molecule has 0 radical (unpaired) electrons. The molecule has 98 valence electrons. The molecule has 1 N–H and O–H groups in total. The van der Waals surface area contributed by atoms with E-state index < -0.39 is 0 Å². The number of methoxy groups -OCH3 is 1. The zero-order valence-corrected chi connectivity index (χ0v) is 11.0. The second-order valence-corrected chi connectivity index (χ2v) is 4.52. The summed E-state index contributed by atoms with van der Waals surface area (Å²) in [6.45, 7) is 1.55. The van der Waals surface area contributed by atoms with Crippen LogP contribution in [0.1, 0.15) is 23.2 Å². The average molecular weight is 248 g/mol. The van der Waals surface area contributed by atoms with E-state index in [2.05, 4.69) is 5.32 Å². The van der Waals surface area contributed by atoms with Gasteiger partial charge in [-0.25, -0.2) is 0 Å². The third kappa shape index (κ3) is 2.64. The molecule has 0 bridgehead atoms. The van der Waals surface area contributed by atoms with Gasteiger partial charge in [0.1, 0.15) is 0 Å². The second-order valence-electron chi connectivity index (χ2n) is 4.52. The number of para-hydroxylation sites is 1. The Morgan fingerprint density at radius 2 is 2.00 bits per heavy atom. The molecule has 1 aromatic rings. The van der Waals surface area contributed by atoms with E-state index in [1.807, 2.05) is 36.2 Å². The number of likely N-dealkylation sites (tertiary alicyclic amines) is 1. The zero-order valence-electron chi connectivity index (χ0n) is 11.0. The van der Waals surface area contributed by atoms with Gasteiger partial charge >= 0.3 is 0 Å². The van der Waals surface area contributed by atoms with E-state index in [1.165, 1.54) is 0 Å². The van der Waals surface area contributed by atoms with Crippen molar-refractivity contribution >= 4 is 11.6 Å². The fourth-order valence-corrected chi connectivity index (χ4v) is 2.35. The maximum absolute atomic E-state index is 12.4.